The Morgan fingerprint density at radius 1 is 0.906 bits per heavy atom. The zero-order chi connectivity index (χ0) is 22.9. The van der Waals surface area contributed by atoms with E-state index in [1.807, 2.05) is 0 Å². The molecule has 2 rings (SSSR count). The van der Waals surface area contributed by atoms with Crippen molar-refractivity contribution < 1.29 is 23.8 Å². The largest absolute Gasteiger partial charge is 0.482 e. The molecule has 0 unspecified atom stereocenters. The predicted molar refractivity (Wildman–Crippen MR) is 127 cm³/mol. The van der Waals surface area contributed by atoms with Gasteiger partial charge in [0.05, 0.1) is 12.3 Å². The smallest absolute Gasteiger partial charge is 0.411 e. The van der Waals surface area contributed by atoms with Gasteiger partial charge in [-0.25, -0.2) is 9.59 Å². The molecule has 0 spiro atoms. The van der Waals surface area contributed by atoms with Crippen molar-refractivity contribution in [3.05, 3.63) is 23.8 Å². The predicted octanol–water partition coefficient (Wildman–Crippen LogP) is 7.15. The lowest BCUT2D eigenvalue weighted by Crippen LogP contribution is -2.20. The lowest BCUT2D eigenvalue weighted by atomic mass is 10.0. The number of amides is 1. The number of anilines is 1. The Hall–Kier alpha value is -2.24. The normalized spacial score (nSPS) is 12.6. The van der Waals surface area contributed by atoms with Crippen molar-refractivity contribution in [3.8, 4) is 5.75 Å². The first-order chi connectivity index (χ1) is 15.7. The second-order valence-electron chi connectivity index (χ2n) is 8.63. The number of ether oxygens (including phenoxy) is 3. The third kappa shape index (κ3) is 11.4. The van der Waals surface area contributed by atoms with Gasteiger partial charge in [-0.15, -0.1) is 0 Å². The topological polar surface area (TPSA) is 73.9 Å². The first kappa shape index (κ1) is 26.0. The first-order valence-corrected chi connectivity index (χ1v) is 12.5. The summed E-state index contributed by atoms with van der Waals surface area (Å²) in [5.41, 5.74) is 1.52. The maximum Gasteiger partial charge on any atom is 0.411 e. The number of carbonyl (C=O) groups excluding carboxylic acids is 2. The number of fused-ring (bicyclic) bond motifs is 1. The van der Waals surface area contributed by atoms with Gasteiger partial charge in [-0.1, -0.05) is 90.4 Å². The van der Waals surface area contributed by atoms with Crippen LogP contribution in [0.4, 0.5) is 10.5 Å². The van der Waals surface area contributed by atoms with E-state index in [0.717, 1.165) is 18.4 Å². The second-order valence-corrected chi connectivity index (χ2v) is 8.63. The molecule has 0 saturated carbocycles. The minimum Gasteiger partial charge on any atom is -0.482 e. The molecule has 1 amide bonds. The number of cyclic esters (lactones) is 1. The van der Waals surface area contributed by atoms with Gasteiger partial charge in [-0.3, -0.25) is 5.32 Å². The molecular weight excluding hydrogens is 406 g/mol. The second kappa shape index (κ2) is 16.4. The number of nitrogens with one attached hydrogen (secondary N) is 1. The first-order valence-electron chi connectivity index (χ1n) is 12.5. The molecule has 6 nitrogen and oxygen atoms in total. The molecule has 1 heterocycles. The zero-order valence-corrected chi connectivity index (χ0v) is 19.8. The summed E-state index contributed by atoms with van der Waals surface area (Å²) in [6.07, 6.45) is 17.8. The summed E-state index contributed by atoms with van der Waals surface area (Å²) >= 11 is 0. The molecule has 1 N–H and O–H groups in total. The maximum atomic E-state index is 11.9. The highest BCUT2D eigenvalue weighted by Crippen LogP contribution is 2.26. The summed E-state index contributed by atoms with van der Waals surface area (Å²) in [6, 6.07) is 5.21. The number of hydrogen-bond acceptors (Lipinski definition) is 5. The van der Waals surface area contributed by atoms with Gasteiger partial charge >= 0.3 is 12.1 Å². The third-order valence-electron chi connectivity index (χ3n) is 5.79. The van der Waals surface area contributed by atoms with E-state index in [9.17, 15) is 9.59 Å². The van der Waals surface area contributed by atoms with E-state index >= 15 is 0 Å². The van der Waals surface area contributed by atoms with E-state index in [4.69, 9.17) is 14.2 Å². The van der Waals surface area contributed by atoms with Gasteiger partial charge in [0.15, 0.2) is 6.61 Å². The van der Waals surface area contributed by atoms with Crippen LogP contribution in [0.5, 0.6) is 5.75 Å². The molecule has 0 aliphatic carbocycles. The van der Waals surface area contributed by atoms with Gasteiger partial charge in [-0.2, -0.15) is 0 Å². The van der Waals surface area contributed by atoms with Crippen molar-refractivity contribution in [3.63, 3.8) is 0 Å². The van der Waals surface area contributed by atoms with Gasteiger partial charge < -0.3 is 14.2 Å². The Balaban J connectivity index is 1.38. The molecule has 0 aromatic heterocycles. The summed E-state index contributed by atoms with van der Waals surface area (Å²) in [5, 5.41) is 2.61. The van der Waals surface area contributed by atoms with Crippen LogP contribution in [-0.2, 0) is 20.9 Å². The van der Waals surface area contributed by atoms with Crippen molar-refractivity contribution >= 4 is 17.7 Å². The molecule has 180 valence electrons. The summed E-state index contributed by atoms with van der Waals surface area (Å²) in [7, 11) is 0. The lowest BCUT2D eigenvalue weighted by Gasteiger charge is -2.18. The van der Waals surface area contributed by atoms with Crippen LogP contribution in [0.1, 0.15) is 102 Å². The molecular formula is C26H41NO5. The minimum absolute atomic E-state index is 0.120. The van der Waals surface area contributed by atoms with E-state index in [1.54, 1.807) is 18.2 Å². The molecule has 0 radical (unpaired) electrons. The van der Waals surface area contributed by atoms with Crippen LogP contribution in [0.3, 0.4) is 0 Å². The molecule has 0 saturated heterocycles. The SMILES string of the molecule is CCCCCCCCCCCCCCCCOC(=O)COc1ccc2c(c1)COC(=O)N2. The molecule has 1 aliphatic rings. The quantitative estimate of drug-likeness (QED) is 0.191. The minimum atomic E-state index is -0.460. The summed E-state index contributed by atoms with van der Waals surface area (Å²) in [5.74, 6) is 0.193. The zero-order valence-electron chi connectivity index (χ0n) is 19.8. The number of rotatable bonds is 18. The van der Waals surface area contributed by atoms with Crippen LogP contribution in [0.15, 0.2) is 18.2 Å². The van der Waals surface area contributed by atoms with Crippen LogP contribution in [0.2, 0.25) is 0 Å². The van der Waals surface area contributed by atoms with Gasteiger partial charge in [0, 0.05) is 5.56 Å². The number of esters is 1. The highest BCUT2D eigenvalue weighted by molar-refractivity contribution is 5.87. The molecule has 1 aromatic rings. The Morgan fingerprint density at radius 2 is 1.50 bits per heavy atom. The summed E-state index contributed by atoms with van der Waals surface area (Å²) in [6.45, 7) is 2.79. The van der Waals surface area contributed by atoms with Crippen LogP contribution >= 0.6 is 0 Å². The van der Waals surface area contributed by atoms with E-state index in [1.165, 1.54) is 77.0 Å². The van der Waals surface area contributed by atoms with Crippen molar-refractivity contribution in [2.45, 2.75) is 103 Å². The standard InChI is InChI=1S/C26H41NO5/c1-2-3-4-5-6-7-8-9-10-11-12-13-14-15-18-30-25(28)21-31-23-16-17-24-22(19-23)20-32-26(29)27-24/h16-17,19H,2-15,18,20-21H2,1H3,(H,27,29). The average Bonchev–Trinajstić information content (AvgIpc) is 2.80. The van der Waals surface area contributed by atoms with Crippen LogP contribution < -0.4 is 10.1 Å². The van der Waals surface area contributed by atoms with Gasteiger partial charge in [-0.05, 0) is 24.6 Å². The Kier molecular flexibility index (Phi) is 13.3. The van der Waals surface area contributed by atoms with Gasteiger partial charge in [0.25, 0.3) is 0 Å². The van der Waals surface area contributed by atoms with Crippen LogP contribution in [0, 0.1) is 0 Å². The van der Waals surface area contributed by atoms with E-state index < -0.39 is 6.09 Å². The molecule has 1 aliphatic heterocycles. The van der Waals surface area contributed by atoms with E-state index in [2.05, 4.69) is 12.2 Å². The van der Waals surface area contributed by atoms with E-state index in [-0.39, 0.29) is 19.2 Å². The van der Waals surface area contributed by atoms with Crippen molar-refractivity contribution in [2.24, 2.45) is 0 Å². The fraction of sp³-hybridized carbons (Fsp3) is 0.692. The number of unbranched alkanes of at least 4 members (excludes halogenated alkanes) is 13. The lowest BCUT2D eigenvalue weighted by molar-refractivity contribution is -0.146. The Labute approximate surface area is 193 Å². The molecule has 6 heteroatoms. The molecule has 0 bridgehead atoms. The fourth-order valence-corrected chi connectivity index (χ4v) is 3.86. The van der Waals surface area contributed by atoms with Crippen LogP contribution in [-0.4, -0.2) is 25.3 Å². The number of benzene rings is 1. The Bertz CT molecular complexity index is 676. The van der Waals surface area contributed by atoms with Gasteiger partial charge in [0.2, 0.25) is 0 Å². The van der Waals surface area contributed by atoms with Crippen molar-refractivity contribution in [1.82, 2.24) is 0 Å². The monoisotopic (exact) mass is 447 g/mol. The van der Waals surface area contributed by atoms with Crippen molar-refractivity contribution in [2.75, 3.05) is 18.5 Å². The number of hydrogen-bond donors (Lipinski definition) is 1. The van der Waals surface area contributed by atoms with Gasteiger partial charge in [0.1, 0.15) is 12.4 Å². The van der Waals surface area contributed by atoms with E-state index in [0.29, 0.717) is 18.0 Å². The average molecular weight is 448 g/mol. The highest BCUT2D eigenvalue weighted by Gasteiger charge is 2.16. The molecule has 0 atom stereocenters. The maximum absolute atomic E-state index is 11.9. The summed E-state index contributed by atoms with van der Waals surface area (Å²) in [4.78, 5) is 23.0. The van der Waals surface area contributed by atoms with Crippen LogP contribution in [0.25, 0.3) is 0 Å². The molecule has 32 heavy (non-hydrogen) atoms. The molecule has 1 aromatic carbocycles. The third-order valence-corrected chi connectivity index (χ3v) is 5.79. The Morgan fingerprint density at radius 3 is 2.12 bits per heavy atom. The number of carbonyl (C=O) groups is 2. The summed E-state index contributed by atoms with van der Waals surface area (Å²) < 4.78 is 15.7. The van der Waals surface area contributed by atoms with Crippen molar-refractivity contribution in [1.29, 1.82) is 0 Å². The molecule has 0 fully saturated rings. The highest BCUT2D eigenvalue weighted by atomic mass is 16.6. The fourth-order valence-electron chi connectivity index (χ4n) is 3.86.